The molecule has 0 radical (unpaired) electrons. The number of phenolic OH excluding ortho intramolecular Hbond substituents is 1. The molecule has 0 spiro atoms. The van der Waals surface area contributed by atoms with E-state index >= 15 is 0 Å². The third-order valence-corrected chi connectivity index (χ3v) is 7.82. The van der Waals surface area contributed by atoms with Gasteiger partial charge < -0.3 is 20.0 Å². The summed E-state index contributed by atoms with van der Waals surface area (Å²) in [5.41, 5.74) is 5.45. The number of fused-ring (bicyclic) bond motifs is 2. The number of rotatable bonds is 8. The number of phenols is 1. The maximum atomic E-state index is 13.3. The summed E-state index contributed by atoms with van der Waals surface area (Å²) in [6.45, 7) is 9.31. The van der Waals surface area contributed by atoms with E-state index in [0.717, 1.165) is 22.9 Å². The second-order valence-electron chi connectivity index (χ2n) is 9.63. The monoisotopic (exact) mass is 446 g/mol. The smallest absolute Gasteiger partial charge is 0.310 e. The summed E-state index contributed by atoms with van der Waals surface area (Å²) in [4.78, 5) is 26.5. The van der Waals surface area contributed by atoms with E-state index in [1.54, 1.807) is 19.2 Å². The first kappa shape index (κ1) is 23.3. The van der Waals surface area contributed by atoms with Gasteiger partial charge in [-0.05, 0) is 42.1 Å². The number of nitrogens with zero attached hydrogens (tertiary/aromatic N) is 1. The van der Waals surface area contributed by atoms with Crippen molar-refractivity contribution in [3.8, 4) is 5.75 Å². The molecular weight excluding hydrogens is 412 g/mol. The topological polar surface area (TPSA) is 97.2 Å². The average molecular weight is 447 g/mol. The summed E-state index contributed by atoms with van der Waals surface area (Å²) in [6.07, 6.45) is 1.27. The van der Waals surface area contributed by atoms with E-state index in [1.807, 2.05) is 13.0 Å². The molecule has 0 aromatic heterocycles. The Bertz CT molecular complexity index is 864. The average Bonchev–Trinajstić information content (AvgIpc) is 2.70. The maximum Gasteiger partial charge on any atom is 0.310 e. The number of ether oxygens (including phenoxy) is 2. The molecule has 7 nitrogen and oxygen atoms in total. The molecule has 3 aliphatic rings. The summed E-state index contributed by atoms with van der Waals surface area (Å²) in [6, 6.07) is 6.05. The van der Waals surface area contributed by atoms with Gasteiger partial charge in [0.2, 0.25) is 0 Å². The van der Waals surface area contributed by atoms with Gasteiger partial charge in [0.25, 0.3) is 0 Å². The van der Waals surface area contributed by atoms with E-state index < -0.39 is 31.8 Å². The van der Waals surface area contributed by atoms with E-state index in [1.165, 1.54) is 0 Å². The second-order valence-corrected chi connectivity index (χ2v) is 15.2. The summed E-state index contributed by atoms with van der Waals surface area (Å²) in [5, 5.41) is 14.5. The van der Waals surface area contributed by atoms with Crippen molar-refractivity contribution in [3.63, 3.8) is 0 Å². The van der Waals surface area contributed by atoms with Crippen LogP contribution in [0.2, 0.25) is 25.7 Å². The van der Waals surface area contributed by atoms with Crippen molar-refractivity contribution in [2.75, 3.05) is 20.3 Å². The van der Waals surface area contributed by atoms with E-state index in [0.29, 0.717) is 26.1 Å². The zero-order chi connectivity index (χ0) is 22.8. The number of carbonyl (C=O) groups is 2. The van der Waals surface area contributed by atoms with Crippen LogP contribution in [0.5, 0.6) is 5.75 Å². The molecular formula is C23H34N2O5Si. The van der Waals surface area contributed by atoms with Crippen molar-refractivity contribution in [2.24, 2.45) is 16.9 Å². The number of hydrazone groups is 1. The third-order valence-electron chi connectivity index (χ3n) is 6.12. The first-order valence-electron chi connectivity index (χ1n) is 11.1. The van der Waals surface area contributed by atoms with Gasteiger partial charge in [-0.1, -0.05) is 32.6 Å². The second kappa shape index (κ2) is 9.42. The van der Waals surface area contributed by atoms with Crippen molar-refractivity contribution in [1.29, 1.82) is 0 Å². The van der Waals surface area contributed by atoms with Crippen LogP contribution in [-0.2, 0) is 19.1 Å². The fraction of sp³-hybridized carbons (Fsp3) is 0.609. The largest absolute Gasteiger partial charge is 0.508 e. The molecule has 1 aromatic carbocycles. The molecule has 1 fully saturated rings. The van der Waals surface area contributed by atoms with Crippen LogP contribution in [0.4, 0.5) is 0 Å². The van der Waals surface area contributed by atoms with Gasteiger partial charge in [-0.25, -0.2) is 0 Å². The summed E-state index contributed by atoms with van der Waals surface area (Å²) < 4.78 is 11.2. The van der Waals surface area contributed by atoms with Crippen LogP contribution < -0.4 is 5.43 Å². The molecule has 0 aliphatic heterocycles. The van der Waals surface area contributed by atoms with E-state index in [4.69, 9.17) is 9.47 Å². The van der Waals surface area contributed by atoms with Gasteiger partial charge >= 0.3 is 11.9 Å². The third kappa shape index (κ3) is 4.94. The molecule has 1 unspecified atom stereocenters. The zero-order valence-corrected chi connectivity index (χ0v) is 20.1. The van der Waals surface area contributed by atoms with Crippen LogP contribution in [-0.4, -0.2) is 51.1 Å². The van der Waals surface area contributed by atoms with E-state index in [2.05, 4.69) is 30.2 Å². The number of carbonyl (C=O) groups excluding carboxylic acids is 2. The van der Waals surface area contributed by atoms with Crippen LogP contribution in [0.25, 0.3) is 0 Å². The normalized spacial score (nSPS) is 25.8. The van der Waals surface area contributed by atoms with E-state index in [9.17, 15) is 14.7 Å². The first-order chi connectivity index (χ1) is 14.7. The van der Waals surface area contributed by atoms with Gasteiger partial charge in [0, 0.05) is 32.7 Å². The molecule has 2 N–H and O–H groups in total. The fourth-order valence-corrected chi connectivity index (χ4v) is 5.41. The lowest BCUT2D eigenvalue weighted by Gasteiger charge is -2.47. The maximum absolute atomic E-state index is 13.3. The summed E-state index contributed by atoms with van der Waals surface area (Å²) >= 11 is 0. The Morgan fingerprint density at radius 3 is 2.45 bits per heavy atom. The molecule has 1 aromatic rings. The number of hydrogen-bond acceptors (Lipinski definition) is 7. The van der Waals surface area contributed by atoms with E-state index in [-0.39, 0.29) is 17.6 Å². The van der Waals surface area contributed by atoms with Crippen molar-refractivity contribution in [3.05, 3.63) is 29.3 Å². The standard InChI is InChI=1S/C23H34N2O5Si/c1-6-9-29-23(28)21-19-16-12-14(26)7-8-15(16)17(13-18(19)25-24-2)20(21)22(27)30-10-11-31(3,4)5/h7-8,12,17,19-21,24,26H,6,9-11,13H2,1-5H3/t17?,19-,20-,21-/m1/s1. The Morgan fingerprint density at radius 2 is 1.81 bits per heavy atom. The van der Waals surface area contributed by atoms with Gasteiger partial charge in [0.15, 0.2) is 0 Å². The highest BCUT2D eigenvalue weighted by atomic mass is 28.3. The predicted molar refractivity (Wildman–Crippen MR) is 122 cm³/mol. The molecule has 0 amide bonds. The Labute approximate surface area is 185 Å². The summed E-state index contributed by atoms with van der Waals surface area (Å²) in [7, 11) is 0.357. The molecule has 8 heteroatoms. The van der Waals surface area contributed by atoms with Gasteiger partial charge in [-0.15, -0.1) is 0 Å². The highest BCUT2D eigenvalue weighted by molar-refractivity contribution is 6.76. The van der Waals surface area contributed by atoms with Crippen molar-refractivity contribution in [2.45, 2.75) is 57.3 Å². The van der Waals surface area contributed by atoms with Crippen LogP contribution in [0.1, 0.15) is 42.7 Å². The van der Waals surface area contributed by atoms with Gasteiger partial charge in [-0.2, -0.15) is 5.10 Å². The number of aromatic hydroxyl groups is 1. The Hall–Kier alpha value is -2.35. The number of esters is 2. The fourth-order valence-electron chi connectivity index (χ4n) is 4.69. The lowest BCUT2D eigenvalue weighted by Crippen LogP contribution is -2.51. The first-order valence-corrected chi connectivity index (χ1v) is 14.8. The minimum Gasteiger partial charge on any atom is -0.508 e. The van der Waals surface area contributed by atoms with Crippen molar-refractivity contribution < 1.29 is 24.2 Å². The molecule has 1 saturated carbocycles. The highest BCUT2D eigenvalue weighted by Gasteiger charge is 2.57. The lowest BCUT2D eigenvalue weighted by atomic mass is 9.55. The molecule has 31 heavy (non-hydrogen) atoms. The molecule has 170 valence electrons. The quantitative estimate of drug-likeness (QED) is 0.360. The van der Waals surface area contributed by atoms with Gasteiger partial charge in [0.1, 0.15) is 5.75 Å². The van der Waals surface area contributed by atoms with Crippen LogP contribution in [0.15, 0.2) is 23.3 Å². The van der Waals surface area contributed by atoms with Gasteiger partial charge in [0.05, 0.1) is 25.0 Å². The highest BCUT2D eigenvalue weighted by Crippen LogP contribution is 2.55. The molecule has 0 saturated heterocycles. The van der Waals surface area contributed by atoms with Crippen LogP contribution in [0.3, 0.4) is 0 Å². The Morgan fingerprint density at radius 1 is 1.13 bits per heavy atom. The molecule has 3 aliphatic carbocycles. The molecule has 4 atom stereocenters. The van der Waals surface area contributed by atoms with Gasteiger partial charge in [-0.3, -0.25) is 9.59 Å². The zero-order valence-electron chi connectivity index (χ0n) is 19.1. The van der Waals surface area contributed by atoms with Crippen LogP contribution in [0, 0.1) is 11.8 Å². The molecule has 2 bridgehead atoms. The summed E-state index contributed by atoms with van der Waals surface area (Å²) in [5.74, 6) is -2.62. The number of nitrogens with one attached hydrogen (secondary N) is 1. The Balaban J connectivity index is 2.00. The minimum absolute atomic E-state index is 0.130. The van der Waals surface area contributed by atoms with Crippen molar-refractivity contribution in [1.82, 2.24) is 5.43 Å². The predicted octanol–water partition coefficient (Wildman–Crippen LogP) is 3.62. The van der Waals surface area contributed by atoms with Crippen LogP contribution >= 0.6 is 0 Å². The lowest BCUT2D eigenvalue weighted by molar-refractivity contribution is -0.163. The Kier molecular flexibility index (Phi) is 7.09. The van der Waals surface area contributed by atoms with Crippen molar-refractivity contribution >= 4 is 25.7 Å². The minimum atomic E-state index is -1.36. The molecule has 0 heterocycles. The SMILES string of the molecule is CCCOC(=O)[C@H]1[C@H](C(=O)OCC[Si](C)(C)C)C2CC(=NNC)[C@H]1c1cc(O)ccc12. The number of benzene rings is 1. The number of hydrogen-bond donors (Lipinski definition) is 2. The molecule has 4 rings (SSSR count).